The van der Waals surface area contributed by atoms with Gasteiger partial charge in [0.1, 0.15) is 29.7 Å². The molecule has 0 bridgehead atoms. The van der Waals surface area contributed by atoms with Gasteiger partial charge in [0.15, 0.2) is 12.2 Å². The summed E-state index contributed by atoms with van der Waals surface area (Å²) in [6, 6.07) is 2.81. The predicted octanol–water partition coefficient (Wildman–Crippen LogP) is 1.35. The average molecular weight is 600 g/mol. The quantitative estimate of drug-likeness (QED) is 0.424. The fourth-order valence-electron chi connectivity index (χ4n) is 6.39. The second-order valence-corrected chi connectivity index (χ2v) is 13.3. The van der Waals surface area contributed by atoms with Crippen LogP contribution in [0, 0.1) is 39.8 Å². The second kappa shape index (κ2) is 11.4. The number of anilines is 1. The Balaban J connectivity index is 1.30. The van der Waals surface area contributed by atoms with Crippen molar-refractivity contribution in [1.29, 1.82) is 5.26 Å². The van der Waals surface area contributed by atoms with Gasteiger partial charge in [0.2, 0.25) is 11.8 Å². The normalized spacial score (nSPS) is 28.6. The molecular formula is C30H38FN5O7. The minimum Gasteiger partial charge on any atom is -0.478 e. The number of piperidine rings is 1. The van der Waals surface area contributed by atoms with Gasteiger partial charge in [0.05, 0.1) is 31.6 Å². The molecule has 43 heavy (non-hydrogen) atoms. The highest BCUT2D eigenvalue weighted by atomic mass is 19.1. The smallest absolute Gasteiger partial charge is 0.265 e. The number of ether oxygens (including phenoxy) is 3. The van der Waals surface area contributed by atoms with Crippen LogP contribution in [-0.4, -0.2) is 85.2 Å². The molecule has 1 aromatic rings. The number of halogens is 1. The van der Waals surface area contributed by atoms with Gasteiger partial charge in [0.25, 0.3) is 11.8 Å². The molecule has 0 radical (unpaired) electrons. The van der Waals surface area contributed by atoms with Gasteiger partial charge in [0, 0.05) is 19.0 Å². The van der Waals surface area contributed by atoms with Crippen molar-refractivity contribution in [2.24, 2.45) is 22.7 Å². The van der Waals surface area contributed by atoms with Crippen LogP contribution in [0.3, 0.4) is 0 Å². The Morgan fingerprint density at radius 1 is 1.21 bits per heavy atom. The van der Waals surface area contributed by atoms with Gasteiger partial charge in [-0.05, 0) is 34.8 Å². The molecule has 4 amide bonds. The lowest BCUT2D eigenvalue weighted by molar-refractivity contribution is -0.153. The van der Waals surface area contributed by atoms with E-state index in [0.717, 1.165) is 6.07 Å². The summed E-state index contributed by atoms with van der Waals surface area (Å²) >= 11 is 0. The number of nitrogens with zero attached hydrogens (tertiary/aromatic N) is 2. The molecule has 3 fully saturated rings. The Labute approximate surface area is 249 Å². The fourth-order valence-corrected chi connectivity index (χ4v) is 6.39. The Morgan fingerprint density at radius 2 is 1.95 bits per heavy atom. The van der Waals surface area contributed by atoms with Crippen molar-refractivity contribution in [2.45, 2.75) is 71.4 Å². The lowest BCUT2D eigenvalue weighted by atomic mass is 9.85. The van der Waals surface area contributed by atoms with Crippen LogP contribution in [-0.2, 0) is 28.7 Å². The third kappa shape index (κ3) is 6.03. The first-order valence-electron chi connectivity index (χ1n) is 14.5. The highest BCUT2D eigenvalue weighted by molar-refractivity contribution is 5.98. The first-order chi connectivity index (χ1) is 20.2. The number of hydrogen-bond donors (Lipinski definition) is 3. The van der Waals surface area contributed by atoms with Crippen molar-refractivity contribution >= 4 is 29.3 Å². The molecule has 0 spiro atoms. The SMILES string of the molecule is CC(C)(C)C(NC(=O)C1COCCO1)C(=O)N1C[C@H]2[C@@H]([C@H]1C(=O)NC(C#N)C[C@@H]1Oc3ccc(F)cc3NC1=O)C2(C)C. The van der Waals surface area contributed by atoms with E-state index in [9.17, 15) is 28.8 Å². The number of nitrogens with one attached hydrogen (secondary N) is 3. The molecule has 2 saturated heterocycles. The van der Waals surface area contributed by atoms with Crippen LogP contribution in [0.2, 0.25) is 0 Å². The standard InChI is InChI=1S/C30H38FN5O7/c1-29(2,3)24(35-26(38)21-14-41-8-9-42-21)28(40)36-13-17-22(30(17,4)5)23(36)27(39)33-16(12-32)11-20-25(37)34-18-10-15(31)6-7-19(18)43-20/h6-7,10,16-17,20-24H,8-9,11,13-14H2,1-5H3,(H,33,39)(H,34,37)(H,35,38)/t16?,17-,20-,21?,22-,23-,24?/m0/s1. The van der Waals surface area contributed by atoms with E-state index in [1.165, 1.54) is 17.0 Å². The van der Waals surface area contributed by atoms with E-state index in [0.29, 0.717) is 13.2 Å². The molecule has 7 atom stereocenters. The van der Waals surface area contributed by atoms with Gasteiger partial charge in [-0.15, -0.1) is 0 Å². The highest BCUT2D eigenvalue weighted by Crippen LogP contribution is 2.65. The maximum atomic E-state index is 14.1. The number of nitriles is 1. The van der Waals surface area contributed by atoms with Gasteiger partial charge >= 0.3 is 0 Å². The van der Waals surface area contributed by atoms with Crippen molar-refractivity contribution in [3.63, 3.8) is 0 Å². The fraction of sp³-hybridized carbons (Fsp3) is 0.633. The van der Waals surface area contributed by atoms with Crippen LogP contribution in [0.5, 0.6) is 5.75 Å². The predicted molar refractivity (Wildman–Crippen MR) is 150 cm³/mol. The van der Waals surface area contributed by atoms with Crippen molar-refractivity contribution in [1.82, 2.24) is 15.5 Å². The summed E-state index contributed by atoms with van der Waals surface area (Å²) in [6.45, 7) is 10.7. The summed E-state index contributed by atoms with van der Waals surface area (Å²) < 4.78 is 30.1. The van der Waals surface area contributed by atoms with E-state index < -0.39 is 65.2 Å². The zero-order valence-electron chi connectivity index (χ0n) is 24.9. The molecule has 232 valence electrons. The molecule has 5 rings (SSSR count). The number of amides is 4. The zero-order chi connectivity index (χ0) is 31.3. The molecule has 12 nitrogen and oxygen atoms in total. The number of fused-ring (bicyclic) bond motifs is 2. The summed E-state index contributed by atoms with van der Waals surface area (Å²) in [7, 11) is 0. The van der Waals surface area contributed by atoms with E-state index in [2.05, 4.69) is 16.0 Å². The van der Waals surface area contributed by atoms with Gasteiger partial charge in [-0.25, -0.2) is 4.39 Å². The molecule has 3 heterocycles. The number of carbonyl (C=O) groups excluding carboxylic acids is 4. The third-order valence-corrected chi connectivity index (χ3v) is 8.95. The summed E-state index contributed by atoms with van der Waals surface area (Å²) in [4.78, 5) is 55.0. The highest BCUT2D eigenvalue weighted by Gasteiger charge is 2.69. The van der Waals surface area contributed by atoms with E-state index in [4.69, 9.17) is 14.2 Å². The van der Waals surface area contributed by atoms with Crippen molar-refractivity contribution < 1.29 is 37.8 Å². The number of rotatable bonds is 7. The zero-order valence-corrected chi connectivity index (χ0v) is 24.9. The molecule has 3 N–H and O–H groups in total. The molecule has 3 unspecified atom stereocenters. The van der Waals surface area contributed by atoms with Gasteiger partial charge in [-0.3, -0.25) is 19.2 Å². The Bertz CT molecular complexity index is 1350. The number of likely N-dealkylation sites (tertiary alicyclic amines) is 1. The second-order valence-electron chi connectivity index (χ2n) is 13.3. The molecule has 4 aliphatic rings. The minimum absolute atomic E-state index is 0.0727. The van der Waals surface area contributed by atoms with Crippen molar-refractivity contribution in [2.75, 3.05) is 31.7 Å². The first-order valence-corrected chi connectivity index (χ1v) is 14.5. The van der Waals surface area contributed by atoms with Crippen LogP contribution >= 0.6 is 0 Å². The van der Waals surface area contributed by atoms with E-state index in [1.807, 2.05) is 40.7 Å². The minimum atomic E-state index is -1.11. The molecule has 0 aromatic heterocycles. The van der Waals surface area contributed by atoms with Crippen molar-refractivity contribution in [3.05, 3.63) is 24.0 Å². The molecule has 1 aromatic carbocycles. The number of carbonyl (C=O) groups is 4. The van der Waals surface area contributed by atoms with Crippen LogP contribution < -0.4 is 20.7 Å². The summed E-state index contributed by atoms with van der Waals surface area (Å²) in [5, 5.41) is 18.0. The Morgan fingerprint density at radius 3 is 2.60 bits per heavy atom. The van der Waals surface area contributed by atoms with Crippen LogP contribution in [0.15, 0.2) is 18.2 Å². The van der Waals surface area contributed by atoms with E-state index in [1.54, 1.807) is 0 Å². The lowest BCUT2D eigenvalue weighted by Crippen LogP contribution is -2.61. The summed E-state index contributed by atoms with van der Waals surface area (Å²) in [5.74, 6) is -2.29. The van der Waals surface area contributed by atoms with Gasteiger partial charge < -0.3 is 35.1 Å². The number of benzene rings is 1. The maximum absolute atomic E-state index is 14.1. The maximum Gasteiger partial charge on any atom is 0.265 e. The first kappa shape index (κ1) is 30.7. The topological polar surface area (TPSA) is 159 Å². The number of hydrogen-bond acceptors (Lipinski definition) is 8. The molecule has 1 aliphatic carbocycles. The van der Waals surface area contributed by atoms with Crippen LogP contribution in [0.1, 0.15) is 41.0 Å². The van der Waals surface area contributed by atoms with Crippen molar-refractivity contribution in [3.8, 4) is 11.8 Å². The van der Waals surface area contributed by atoms with E-state index >= 15 is 0 Å². The molecular weight excluding hydrogens is 561 g/mol. The Hall–Kier alpha value is -3.76. The van der Waals surface area contributed by atoms with Gasteiger partial charge in [-0.2, -0.15) is 5.26 Å². The monoisotopic (exact) mass is 599 g/mol. The summed E-state index contributed by atoms with van der Waals surface area (Å²) in [5.41, 5.74) is -0.699. The van der Waals surface area contributed by atoms with Crippen LogP contribution in [0.25, 0.3) is 0 Å². The molecule has 13 heteroatoms. The molecule has 1 saturated carbocycles. The molecule has 3 aliphatic heterocycles. The largest absolute Gasteiger partial charge is 0.478 e. The third-order valence-electron chi connectivity index (χ3n) is 8.95. The average Bonchev–Trinajstić information content (AvgIpc) is 3.27. The van der Waals surface area contributed by atoms with Gasteiger partial charge in [-0.1, -0.05) is 34.6 Å². The Kier molecular flexibility index (Phi) is 8.13. The van der Waals surface area contributed by atoms with Crippen LogP contribution in [0.4, 0.5) is 10.1 Å². The lowest BCUT2D eigenvalue weighted by Gasteiger charge is -2.38. The summed E-state index contributed by atoms with van der Waals surface area (Å²) in [6.07, 6.45) is -2.09. The van der Waals surface area contributed by atoms with E-state index in [-0.39, 0.29) is 48.3 Å².